The van der Waals surface area contributed by atoms with Gasteiger partial charge in [-0.1, -0.05) is 56.6 Å². The van der Waals surface area contributed by atoms with Crippen molar-refractivity contribution in [2.45, 2.75) is 94.9 Å². The van der Waals surface area contributed by atoms with Gasteiger partial charge in [0.25, 0.3) is 0 Å². The van der Waals surface area contributed by atoms with E-state index in [1.165, 1.54) is 51.4 Å². The highest BCUT2D eigenvalue weighted by molar-refractivity contribution is 5.79. The van der Waals surface area contributed by atoms with Gasteiger partial charge in [0.2, 0.25) is 5.91 Å². The van der Waals surface area contributed by atoms with Gasteiger partial charge in [-0.2, -0.15) is 0 Å². The standard InChI is InChI=1S/C22H34N4O3/c27-22(16-9-5-2-6-10-16)23-18-13-28-21-19(14-29-20(18)21)26-12-17(24-25-26)11-15-7-3-1-4-8-15/h12,15-16,18-21H,1-11,13-14H2,(H,23,27). The molecular weight excluding hydrogens is 368 g/mol. The zero-order valence-corrected chi connectivity index (χ0v) is 17.3. The third-order valence-electron chi connectivity index (χ3n) is 7.45. The Labute approximate surface area is 172 Å². The van der Waals surface area contributed by atoms with E-state index < -0.39 is 0 Å². The van der Waals surface area contributed by atoms with Crippen LogP contribution in [0.15, 0.2) is 6.20 Å². The molecule has 0 radical (unpaired) electrons. The molecule has 29 heavy (non-hydrogen) atoms. The van der Waals surface area contributed by atoms with Gasteiger partial charge < -0.3 is 14.8 Å². The third-order valence-corrected chi connectivity index (χ3v) is 7.45. The zero-order valence-electron chi connectivity index (χ0n) is 17.3. The molecule has 160 valence electrons. The molecule has 5 rings (SSSR count). The van der Waals surface area contributed by atoms with Crippen molar-refractivity contribution < 1.29 is 14.3 Å². The van der Waals surface area contributed by atoms with Crippen molar-refractivity contribution >= 4 is 5.91 Å². The SMILES string of the molecule is O=C(NC1COC2C1OCC2n1cc(CC2CCCCC2)nn1)C1CCCCC1. The minimum atomic E-state index is -0.0847. The lowest BCUT2D eigenvalue weighted by molar-refractivity contribution is -0.127. The van der Waals surface area contributed by atoms with E-state index >= 15 is 0 Å². The van der Waals surface area contributed by atoms with Gasteiger partial charge in [0, 0.05) is 12.1 Å². The van der Waals surface area contributed by atoms with Crippen LogP contribution in [-0.2, 0) is 20.7 Å². The molecule has 1 aromatic heterocycles. The predicted octanol–water partition coefficient (Wildman–Crippen LogP) is 2.80. The molecule has 4 aliphatic rings. The molecule has 0 aromatic carbocycles. The monoisotopic (exact) mass is 402 g/mol. The molecule has 2 aliphatic carbocycles. The molecule has 0 bridgehead atoms. The summed E-state index contributed by atoms with van der Waals surface area (Å²) in [5, 5.41) is 12.0. The van der Waals surface area contributed by atoms with Crippen molar-refractivity contribution in [2.24, 2.45) is 11.8 Å². The fraction of sp³-hybridized carbons (Fsp3) is 0.864. The second-order valence-electron chi connectivity index (χ2n) is 9.51. The van der Waals surface area contributed by atoms with Crippen LogP contribution in [0.25, 0.3) is 0 Å². The zero-order chi connectivity index (χ0) is 19.6. The third kappa shape index (κ3) is 4.22. The number of ether oxygens (including phenoxy) is 2. The number of rotatable bonds is 5. The van der Waals surface area contributed by atoms with Gasteiger partial charge in [0.15, 0.2) is 0 Å². The Bertz CT molecular complexity index is 696. The maximum absolute atomic E-state index is 12.6. The van der Waals surface area contributed by atoms with Gasteiger partial charge >= 0.3 is 0 Å². The number of nitrogens with zero attached hydrogens (tertiary/aromatic N) is 3. The minimum Gasteiger partial charge on any atom is -0.371 e. The molecule has 1 amide bonds. The van der Waals surface area contributed by atoms with Gasteiger partial charge in [0.1, 0.15) is 18.2 Å². The Morgan fingerprint density at radius 3 is 2.52 bits per heavy atom. The molecule has 2 saturated carbocycles. The largest absolute Gasteiger partial charge is 0.371 e. The van der Waals surface area contributed by atoms with Gasteiger partial charge in [-0.3, -0.25) is 4.79 Å². The van der Waals surface area contributed by atoms with E-state index in [1.807, 2.05) is 4.68 Å². The van der Waals surface area contributed by atoms with Gasteiger partial charge in [0.05, 0.1) is 24.9 Å². The highest BCUT2D eigenvalue weighted by Gasteiger charge is 2.49. The van der Waals surface area contributed by atoms with Crippen LogP contribution >= 0.6 is 0 Å². The first-order chi connectivity index (χ1) is 14.3. The summed E-state index contributed by atoms with van der Waals surface area (Å²) in [6, 6.07) is -0.00570. The topological polar surface area (TPSA) is 78.3 Å². The van der Waals surface area contributed by atoms with Crippen LogP contribution in [0.5, 0.6) is 0 Å². The van der Waals surface area contributed by atoms with Crippen LogP contribution < -0.4 is 5.32 Å². The number of amides is 1. The molecule has 0 spiro atoms. The van der Waals surface area contributed by atoms with Crippen molar-refractivity contribution in [2.75, 3.05) is 13.2 Å². The van der Waals surface area contributed by atoms with Gasteiger partial charge in [-0.05, 0) is 25.2 Å². The van der Waals surface area contributed by atoms with Crippen molar-refractivity contribution in [3.05, 3.63) is 11.9 Å². The van der Waals surface area contributed by atoms with Crippen LogP contribution in [-0.4, -0.2) is 52.4 Å². The van der Waals surface area contributed by atoms with Crippen LogP contribution in [0.2, 0.25) is 0 Å². The highest BCUT2D eigenvalue weighted by atomic mass is 16.6. The van der Waals surface area contributed by atoms with E-state index in [0.29, 0.717) is 13.2 Å². The Kier molecular flexibility index (Phi) is 5.86. The summed E-state index contributed by atoms with van der Waals surface area (Å²) in [6.07, 6.45) is 15.3. The number of hydrogen-bond acceptors (Lipinski definition) is 5. The molecule has 7 nitrogen and oxygen atoms in total. The summed E-state index contributed by atoms with van der Waals surface area (Å²) >= 11 is 0. The molecule has 3 heterocycles. The maximum Gasteiger partial charge on any atom is 0.223 e. The van der Waals surface area contributed by atoms with Crippen LogP contribution in [0.3, 0.4) is 0 Å². The van der Waals surface area contributed by atoms with Crippen LogP contribution in [0.4, 0.5) is 0 Å². The summed E-state index contributed by atoms with van der Waals surface area (Å²) in [6.45, 7) is 1.09. The molecule has 7 heteroatoms. The van der Waals surface area contributed by atoms with E-state index in [-0.39, 0.29) is 36.1 Å². The Hall–Kier alpha value is -1.47. The van der Waals surface area contributed by atoms with Crippen molar-refractivity contribution in [3.63, 3.8) is 0 Å². The van der Waals surface area contributed by atoms with E-state index in [4.69, 9.17) is 9.47 Å². The second kappa shape index (κ2) is 8.72. The molecular formula is C22H34N4O3. The Morgan fingerprint density at radius 2 is 1.72 bits per heavy atom. The summed E-state index contributed by atoms with van der Waals surface area (Å²) in [4.78, 5) is 12.6. The lowest BCUT2D eigenvalue weighted by Crippen LogP contribution is -2.46. The summed E-state index contributed by atoms with van der Waals surface area (Å²) < 4.78 is 14.1. The predicted molar refractivity (Wildman–Crippen MR) is 107 cm³/mol. The average molecular weight is 403 g/mol. The van der Waals surface area contributed by atoms with Crippen molar-refractivity contribution in [1.82, 2.24) is 20.3 Å². The van der Waals surface area contributed by atoms with Crippen molar-refractivity contribution in [3.8, 4) is 0 Å². The fourth-order valence-corrected chi connectivity index (χ4v) is 5.75. The van der Waals surface area contributed by atoms with E-state index in [0.717, 1.165) is 30.9 Å². The number of hydrogen-bond donors (Lipinski definition) is 1. The lowest BCUT2D eigenvalue weighted by atomic mass is 9.86. The summed E-state index contributed by atoms with van der Waals surface area (Å²) in [5.74, 6) is 1.10. The first-order valence-electron chi connectivity index (χ1n) is 11.7. The normalized spacial score (nSPS) is 33.7. The van der Waals surface area contributed by atoms with Crippen molar-refractivity contribution in [1.29, 1.82) is 0 Å². The first kappa shape index (κ1) is 19.5. The molecule has 1 N–H and O–H groups in total. The second-order valence-corrected chi connectivity index (χ2v) is 9.51. The molecule has 2 aliphatic heterocycles. The van der Waals surface area contributed by atoms with E-state index in [1.54, 1.807) is 0 Å². The minimum absolute atomic E-state index is 0.0455. The Balaban J connectivity index is 1.17. The molecule has 4 atom stereocenters. The summed E-state index contributed by atoms with van der Waals surface area (Å²) in [5.41, 5.74) is 1.08. The fourth-order valence-electron chi connectivity index (χ4n) is 5.75. The van der Waals surface area contributed by atoms with Crippen LogP contribution in [0.1, 0.15) is 75.9 Å². The van der Waals surface area contributed by atoms with E-state index in [2.05, 4.69) is 21.8 Å². The van der Waals surface area contributed by atoms with E-state index in [9.17, 15) is 4.79 Å². The molecule has 2 saturated heterocycles. The number of carbonyl (C=O) groups excluding carboxylic acids is 1. The quantitative estimate of drug-likeness (QED) is 0.819. The number of carbonyl (C=O) groups is 1. The van der Waals surface area contributed by atoms with Crippen LogP contribution in [0, 0.1) is 11.8 Å². The Morgan fingerprint density at radius 1 is 1.00 bits per heavy atom. The molecule has 4 fully saturated rings. The smallest absolute Gasteiger partial charge is 0.223 e. The molecule has 1 aromatic rings. The maximum atomic E-state index is 12.6. The average Bonchev–Trinajstić information content (AvgIpc) is 3.47. The number of aromatic nitrogens is 3. The van der Waals surface area contributed by atoms with Gasteiger partial charge in [-0.25, -0.2) is 4.68 Å². The summed E-state index contributed by atoms with van der Waals surface area (Å²) in [7, 11) is 0. The number of fused-ring (bicyclic) bond motifs is 1. The lowest BCUT2D eigenvalue weighted by Gasteiger charge is -2.24. The first-order valence-corrected chi connectivity index (χ1v) is 11.7. The highest BCUT2D eigenvalue weighted by Crippen LogP contribution is 2.35. The van der Waals surface area contributed by atoms with Gasteiger partial charge in [-0.15, -0.1) is 5.10 Å². The molecule has 4 unspecified atom stereocenters. The number of nitrogens with one attached hydrogen (secondary N) is 1.